The van der Waals surface area contributed by atoms with Crippen LogP contribution in [0.25, 0.3) is 0 Å². The summed E-state index contributed by atoms with van der Waals surface area (Å²) in [5.41, 5.74) is 0. The Labute approximate surface area is 136 Å². The molecule has 1 N–H and O–H groups in total. The fourth-order valence-electron chi connectivity index (χ4n) is 4.82. The first-order valence-corrected chi connectivity index (χ1v) is 9.58. The normalized spacial score (nSPS) is 33.1. The third-order valence-electron chi connectivity index (χ3n) is 6.15. The Balaban J connectivity index is 1.62. The third-order valence-corrected chi connectivity index (χ3v) is 6.15. The van der Waals surface area contributed by atoms with Gasteiger partial charge < -0.3 is 5.11 Å². The van der Waals surface area contributed by atoms with E-state index < -0.39 is 5.97 Å². The van der Waals surface area contributed by atoms with Crippen LogP contribution in [0.4, 0.5) is 0 Å². The van der Waals surface area contributed by atoms with E-state index in [9.17, 15) is 4.79 Å². The second-order valence-corrected chi connectivity index (χ2v) is 7.67. The molecule has 22 heavy (non-hydrogen) atoms. The summed E-state index contributed by atoms with van der Waals surface area (Å²) >= 11 is 0. The standard InChI is InChI=1S/C20H34O2/c1-2-5-16-8-12-18(13-9-16)19-14-10-17(11-15-19)6-3-4-7-20(21)22/h4,7,16-19H,2-3,5-6,8-15H2,1H3,(H,21,22)/b7-4+/t16-,17-,18-,19-. The van der Waals surface area contributed by atoms with E-state index in [4.69, 9.17) is 5.11 Å². The lowest BCUT2D eigenvalue weighted by atomic mass is 9.68. The van der Waals surface area contributed by atoms with Crippen molar-refractivity contribution < 1.29 is 9.90 Å². The molecule has 0 bridgehead atoms. The Morgan fingerprint density at radius 1 is 0.909 bits per heavy atom. The van der Waals surface area contributed by atoms with Crippen LogP contribution in [0.15, 0.2) is 12.2 Å². The van der Waals surface area contributed by atoms with Crippen LogP contribution >= 0.6 is 0 Å². The monoisotopic (exact) mass is 306 g/mol. The van der Waals surface area contributed by atoms with Crippen LogP contribution in [0.5, 0.6) is 0 Å². The fraction of sp³-hybridized carbons (Fsp3) is 0.850. The number of carboxylic acid groups (broad SMARTS) is 1. The molecule has 2 aliphatic carbocycles. The molecule has 126 valence electrons. The van der Waals surface area contributed by atoms with E-state index in [0.717, 1.165) is 30.1 Å². The summed E-state index contributed by atoms with van der Waals surface area (Å²) in [5.74, 6) is 3.06. The Bertz CT molecular complexity index is 345. The zero-order valence-corrected chi connectivity index (χ0v) is 14.3. The van der Waals surface area contributed by atoms with Gasteiger partial charge in [-0.2, -0.15) is 0 Å². The summed E-state index contributed by atoms with van der Waals surface area (Å²) in [4.78, 5) is 10.4. The van der Waals surface area contributed by atoms with Crippen molar-refractivity contribution in [1.82, 2.24) is 0 Å². The van der Waals surface area contributed by atoms with E-state index in [-0.39, 0.29) is 0 Å². The molecule has 2 saturated carbocycles. The van der Waals surface area contributed by atoms with Crippen LogP contribution in [0.2, 0.25) is 0 Å². The number of aliphatic carboxylic acids is 1. The SMILES string of the molecule is CCC[C@H]1CC[C@H]([C@H]2CC[C@H](CC/C=C/C(=O)O)CC2)CC1. The molecule has 2 fully saturated rings. The first kappa shape index (κ1) is 17.6. The lowest BCUT2D eigenvalue weighted by Crippen LogP contribution is -2.25. The van der Waals surface area contributed by atoms with E-state index >= 15 is 0 Å². The maximum atomic E-state index is 10.4. The molecule has 0 unspecified atom stereocenters. The molecule has 0 aliphatic heterocycles. The molecule has 0 spiro atoms. The largest absolute Gasteiger partial charge is 0.478 e. The lowest BCUT2D eigenvalue weighted by Gasteiger charge is -2.38. The van der Waals surface area contributed by atoms with Crippen LogP contribution < -0.4 is 0 Å². The number of rotatable bonds is 7. The average molecular weight is 306 g/mol. The van der Waals surface area contributed by atoms with E-state index in [1.165, 1.54) is 76.7 Å². The highest BCUT2D eigenvalue weighted by Crippen LogP contribution is 2.42. The quantitative estimate of drug-likeness (QED) is 0.602. The highest BCUT2D eigenvalue weighted by molar-refractivity contribution is 5.79. The van der Waals surface area contributed by atoms with Crippen molar-refractivity contribution in [3.8, 4) is 0 Å². The molecule has 0 heterocycles. The summed E-state index contributed by atoms with van der Waals surface area (Å²) in [5, 5.41) is 8.59. The predicted molar refractivity (Wildman–Crippen MR) is 91.8 cm³/mol. The summed E-state index contributed by atoms with van der Waals surface area (Å²) in [7, 11) is 0. The number of hydrogen-bond donors (Lipinski definition) is 1. The number of carbonyl (C=O) groups is 1. The molecule has 2 nitrogen and oxygen atoms in total. The molecular weight excluding hydrogens is 272 g/mol. The number of allylic oxidation sites excluding steroid dienone is 1. The lowest BCUT2D eigenvalue weighted by molar-refractivity contribution is -0.131. The molecule has 0 amide bonds. The van der Waals surface area contributed by atoms with Crippen molar-refractivity contribution >= 4 is 5.97 Å². The van der Waals surface area contributed by atoms with E-state index in [1.54, 1.807) is 0 Å². The Hall–Kier alpha value is -0.790. The first-order chi connectivity index (χ1) is 10.7. The average Bonchev–Trinajstić information content (AvgIpc) is 2.53. The molecule has 0 aromatic rings. The van der Waals surface area contributed by atoms with Crippen molar-refractivity contribution in [2.75, 3.05) is 0 Å². The van der Waals surface area contributed by atoms with Gasteiger partial charge in [0.25, 0.3) is 0 Å². The second-order valence-electron chi connectivity index (χ2n) is 7.67. The Morgan fingerprint density at radius 2 is 1.41 bits per heavy atom. The van der Waals surface area contributed by atoms with Crippen molar-refractivity contribution in [1.29, 1.82) is 0 Å². The van der Waals surface area contributed by atoms with Gasteiger partial charge in [0, 0.05) is 6.08 Å². The molecule has 0 aromatic carbocycles. The van der Waals surface area contributed by atoms with Crippen molar-refractivity contribution in [2.45, 2.75) is 84.0 Å². The van der Waals surface area contributed by atoms with Crippen LogP contribution in [0.1, 0.15) is 84.0 Å². The minimum absolute atomic E-state index is 0.817. The van der Waals surface area contributed by atoms with Gasteiger partial charge in [-0.1, -0.05) is 51.5 Å². The molecule has 0 aromatic heterocycles. The van der Waals surface area contributed by atoms with Gasteiger partial charge in [0.2, 0.25) is 0 Å². The second kappa shape index (κ2) is 9.37. The molecule has 2 rings (SSSR count). The van der Waals surface area contributed by atoms with Crippen molar-refractivity contribution in [3.05, 3.63) is 12.2 Å². The summed E-state index contributed by atoms with van der Waals surface area (Å²) in [6, 6.07) is 0. The fourth-order valence-corrected chi connectivity index (χ4v) is 4.82. The minimum Gasteiger partial charge on any atom is -0.478 e. The van der Waals surface area contributed by atoms with Gasteiger partial charge in [-0.05, 0) is 62.2 Å². The van der Waals surface area contributed by atoms with E-state index in [0.29, 0.717) is 0 Å². The number of hydrogen-bond acceptors (Lipinski definition) is 1. The van der Waals surface area contributed by atoms with Gasteiger partial charge in [0.15, 0.2) is 0 Å². The summed E-state index contributed by atoms with van der Waals surface area (Å²) in [6.07, 6.45) is 19.6. The molecule has 0 saturated heterocycles. The zero-order chi connectivity index (χ0) is 15.8. The van der Waals surface area contributed by atoms with Gasteiger partial charge in [-0.3, -0.25) is 0 Å². The molecule has 2 aliphatic rings. The Morgan fingerprint density at radius 3 is 1.86 bits per heavy atom. The smallest absolute Gasteiger partial charge is 0.327 e. The molecular formula is C20H34O2. The number of carboxylic acids is 1. The van der Waals surface area contributed by atoms with Gasteiger partial charge in [-0.15, -0.1) is 0 Å². The van der Waals surface area contributed by atoms with Gasteiger partial charge in [0.1, 0.15) is 0 Å². The maximum absolute atomic E-state index is 10.4. The summed E-state index contributed by atoms with van der Waals surface area (Å²) < 4.78 is 0. The topological polar surface area (TPSA) is 37.3 Å². The van der Waals surface area contributed by atoms with Gasteiger partial charge in [-0.25, -0.2) is 4.79 Å². The highest BCUT2D eigenvalue weighted by Gasteiger charge is 2.30. The van der Waals surface area contributed by atoms with E-state index in [1.807, 2.05) is 6.08 Å². The van der Waals surface area contributed by atoms with E-state index in [2.05, 4.69) is 6.92 Å². The van der Waals surface area contributed by atoms with Crippen molar-refractivity contribution in [3.63, 3.8) is 0 Å². The molecule has 2 heteroatoms. The zero-order valence-electron chi connectivity index (χ0n) is 14.3. The highest BCUT2D eigenvalue weighted by atomic mass is 16.4. The first-order valence-electron chi connectivity index (χ1n) is 9.58. The van der Waals surface area contributed by atoms with Crippen LogP contribution in [0.3, 0.4) is 0 Å². The van der Waals surface area contributed by atoms with Gasteiger partial charge >= 0.3 is 5.97 Å². The Kier molecular flexibility index (Phi) is 7.48. The predicted octanol–water partition coefficient (Wildman–Crippen LogP) is 5.82. The van der Waals surface area contributed by atoms with Crippen LogP contribution in [0, 0.1) is 23.7 Å². The van der Waals surface area contributed by atoms with Gasteiger partial charge in [0.05, 0.1) is 0 Å². The molecule has 0 radical (unpaired) electrons. The summed E-state index contributed by atoms with van der Waals surface area (Å²) in [6.45, 7) is 2.32. The maximum Gasteiger partial charge on any atom is 0.327 e. The van der Waals surface area contributed by atoms with Crippen LogP contribution in [-0.4, -0.2) is 11.1 Å². The van der Waals surface area contributed by atoms with Crippen LogP contribution in [-0.2, 0) is 4.79 Å². The minimum atomic E-state index is -0.817. The van der Waals surface area contributed by atoms with Crippen molar-refractivity contribution in [2.24, 2.45) is 23.7 Å². The molecule has 0 atom stereocenters. The third kappa shape index (κ3) is 5.78.